The molecule has 1 aliphatic rings. The number of hydrogen-bond acceptors (Lipinski definition) is 3. The largest absolute Gasteiger partial charge is 0.460 e. The maximum atomic E-state index is 6.71. The van der Waals surface area contributed by atoms with Crippen LogP contribution in [0.3, 0.4) is 0 Å². The number of nitrogens with zero attached hydrogens (tertiary/aromatic N) is 1. The number of rotatable bonds is 4. The van der Waals surface area contributed by atoms with Crippen molar-refractivity contribution >= 4 is 17.1 Å². The van der Waals surface area contributed by atoms with Gasteiger partial charge in [-0.15, -0.1) is 0 Å². The monoisotopic (exact) mass is 448 g/mol. The third-order valence-corrected chi connectivity index (χ3v) is 6.75. The SMILES string of the molecule is CC(=Nc1c(C(C)C)cccc1C(C)C)C1(C)Nc2cc(C(C)(C)C)cc(C(C)(C)C)c2O1. The van der Waals surface area contributed by atoms with E-state index in [0.717, 1.165) is 22.8 Å². The van der Waals surface area contributed by atoms with E-state index in [2.05, 4.69) is 119 Å². The third kappa shape index (κ3) is 4.98. The van der Waals surface area contributed by atoms with Crippen LogP contribution in [-0.2, 0) is 10.8 Å². The zero-order chi connectivity index (χ0) is 24.9. The van der Waals surface area contributed by atoms with Gasteiger partial charge in [-0.3, -0.25) is 4.99 Å². The van der Waals surface area contributed by atoms with E-state index in [-0.39, 0.29) is 10.8 Å². The van der Waals surface area contributed by atoms with Gasteiger partial charge in [0.1, 0.15) is 5.75 Å². The molecule has 2 aromatic carbocycles. The Hall–Kier alpha value is -2.29. The predicted octanol–water partition coefficient (Wildman–Crippen LogP) is 8.84. The summed E-state index contributed by atoms with van der Waals surface area (Å²) >= 11 is 0. The second-order valence-electron chi connectivity index (χ2n) is 12.5. The smallest absolute Gasteiger partial charge is 0.217 e. The molecule has 1 aliphatic heterocycles. The van der Waals surface area contributed by atoms with Crippen LogP contribution >= 0.6 is 0 Å². The number of aliphatic imine (C=N–C) groups is 1. The molecule has 0 amide bonds. The van der Waals surface area contributed by atoms with Gasteiger partial charge in [-0.05, 0) is 52.3 Å². The second kappa shape index (κ2) is 8.49. The Morgan fingerprint density at radius 1 is 0.909 bits per heavy atom. The molecule has 3 rings (SSSR count). The number of para-hydroxylation sites is 1. The van der Waals surface area contributed by atoms with Crippen LogP contribution in [0.1, 0.15) is 117 Å². The topological polar surface area (TPSA) is 33.6 Å². The van der Waals surface area contributed by atoms with E-state index in [4.69, 9.17) is 9.73 Å². The molecule has 1 N–H and O–H groups in total. The number of anilines is 1. The summed E-state index contributed by atoms with van der Waals surface area (Å²) in [6.07, 6.45) is 0. The normalized spacial score (nSPS) is 19.0. The van der Waals surface area contributed by atoms with E-state index in [1.54, 1.807) is 0 Å². The summed E-state index contributed by atoms with van der Waals surface area (Å²) in [4.78, 5) is 5.23. The predicted molar refractivity (Wildman–Crippen MR) is 144 cm³/mol. The Kier molecular flexibility index (Phi) is 6.52. The van der Waals surface area contributed by atoms with Gasteiger partial charge in [0.2, 0.25) is 5.72 Å². The van der Waals surface area contributed by atoms with Crippen molar-refractivity contribution in [3.05, 3.63) is 52.6 Å². The van der Waals surface area contributed by atoms with Crippen LogP contribution in [0.5, 0.6) is 5.75 Å². The first kappa shape index (κ1) is 25.3. The van der Waals surface area contributed by atoms with Crippen molar-refractivity contribution in [2.75, 3.05) is 5.32 Å². The van der Waals surface area contributed by atoms with Crippen molar-refractivity contribution < 1.29 is 4.74 Å². The van der Waals surface area contributed by atoms with Crippen molar-refractivity contribution in [3.8, 4) is 5.75 Å². The fraction of sp³-hybridized carbons (Fsp3) is 0.567. The molecule has 0 fully saturated rings. The van der Waals surface area contributed by atoms with E-state index in [1.807, 2.05) is 0 Å². The zero-order valence-electron chi connectivity index (χ0n) is 22.9. The van der Waals surface area contributed by atoms with Gasteiger partial charge in [0.15, 0.2) is 0 Å². The molecule has 1 unspecified atom stereocenters. The second-order valence-corrected chi connectivity index (χ2v) is 12.5. The molecule has 0 spiro atoms. The van der Waals surface area contributed by atoms with Gasteiger partial charge in [-0.25, -0.2) is 0 Å². The third-order valence-electron chi connectivity index (χ3n) is 6.75. The molecular weight excluding hydrogens is 404 g/mol. The highest BCUT2D eigenvalue weighted by atomic mass is 16.5. The summed E-state index contributed by atoms with van der Waals surface area (Å²) in [5.41, 5.74) is 7.53. The minimum Gasteiger partial charge on any atom is -0.460 e. The van der Waals surface area contributed by atoms with Gasteiger partial charge in [0.25, 0.3) is 0 Å². The van der Waals surface area contributed by atoms with Gasteiger partial charge < -0.3 is 10.1 Å². The average molecular weight is 449 g/mol. The number of hydrogen-bond donors (Lipinski definition) is 1. The molecule has 2 aromatic rings. The first-order valence-corrected chi connectivity index (χ1v) is 12.4. The zero-order valence-corrected chi connectivity index (χ0v) is 22.9. The van der Waals surface area contributed by atoms with Gasteiger partial charge in [-0.1, -0.05) is 93.5 Å². The maximum Gasteiger partial charge on any atom is 0.217 e. The van der Waals surface area contributed by atoms with E-state index in [0.29, 0.717) is 11.8 Å². The minimum absolute atomic E-state index is 0.0294. The molecular formula is C30H44N2O. The fourth-order valence-corrected chi connectivity index (χ4v) is 4.39. The maximum absolute atomic E-state index is 6.71. The Morgan fingerprint density at radius 3 is 1.91 bits per heavy atom. The Bertz CT molecular complexity index is 1040. The average Bonchev–Trinajstić information content (AvgIpc) is 3.02. The highest BCUT2D eigenvalue weighted by Gasteiger charge is 2.41. The molecule has 3 heteroatoms. The van der Waals surface area contributed by atoms with Crippen LogP contribution in [0, 0.1) is 0 Å². The van der Waals surface area contributed by atoms with Crippen LogP contribution in [0.25, 0.3) is 0 Å². The van der Waals surface area contributed by atoms with E-state index >= 15 is 0 Å². The number of ether oxygens (including phenoxy) is 1. The molecule has 33 heavy (non-hydrogen) atoms. The van der Waals surface area contributed by atoms with E-state index < -0.39 is 5.72 Å². The first-order valence-electron chi connectivity index (χ1n) is 12.4. The molecule has 1 atom stereocenters. The van der Waals surface area contributed by atoms with Crippen LogP contribution in [0.15, 0.2) is 35.3 Å². The lowest BCUT2D eigenvalue weighted by atomic mass is 9.80. The first-order chi connectivity index (χ1) is 15.0. The van der Waals surface area contributed by atoms with E-state index in [9.17, 15) is 0 Å². The molecule has 0 bridgehead atoms. The molecule has 0 saturated heterocycles. The Morgan fingerprint density at radius 2 is 1.45 bits per heavy atom. The summed E-state index contributed by atoms with van der Waals surface area (Å²) in [5, 5.41) is 3.70. The molecule has 0 saturated carbocycles. The van der Waals surface area contributed by atoms with Crippen molar-refractivity contribution in [2.45, 2.75) is 111 Å². The molecule has 1 heterocycles. The molecule has 0 aromatic heterocycles. The summed E-state index contributed by atoms with van der Waals surface area (Å²) in [6.45, 7) is 26.7. The van der Waals surface area contributed by atoms with Crippen LogP contribution in [0.2, 0.25) is 0 Å². The van der Waals surface area contributed by atoms with Gasteiger partial charge in [-0.2, -0.15) is 0 Å². The summed E-state index contributed by atoms with van der Waals surface area (Å²) in [7, 11) is 0. The number of benzene rings is 2. The lowest BCUT2D eigenvalue weighted by Crippen LogP contribution is -2.44. The highest BCUT2D eigenvalue weighted by molar-refractivity contribution is 5.97. The number of fused-ring (bicyclic) bond motifs is 1. The van der Waals surface area contributed by atoms with Crippen LogP contribution < -0.4 is 10.1 Å². The molecule has 0 aliphatic carbocycles. The van der Waals surface area contributed by atoms with E-state index in [1.165, 1.54) is 22.3 Å². The van der Waals surface area contributed by atoms with Crippen molar-refractivity contribution in [1.82, 2.24) is 0 Å². The lowest BCUT2D eigenvalue weighted by molar-refractivity contribution is 0.209. The summed E-state index contributed by atoms with van der Waals surface area (Å²) in [5.74, 6) is 1.76. The van der Waals surface area contributed by atoms with Gasteiger partial charge in [0.05, 0.1) is 17.1 Å². The summed E-state index contributed by atoms with van der Waals surface area (Å²) in [6, 6.07) is 11.1. The van der Waals surface area contributed by atoms with Gasteiger partial charge in [0, 0.05) is 12.5 Å². The minimum atomic E-state index is -0.697. The molecule has 180 valence electrons. The molecule has 3 nitrogen and oxygen atoms in total. The Balaban J connectivity index is 2.13. The Labute approximate surface area is 202 Å². The molecule has 0 radical (unpaired) electrons. The quantitative estimate of drug-likeness (QED) is 0.474. The van der Waals surface area contributed by atoms with Crippen LogP contribution in [0.4, 0.5) is 11.4 Å². The lowest BCUT2D eigenvalue weighted by Gasteiger charge is -2.28. The van der Waals surface area contributed by atoms with Crippen molar-refractivity contribution in [2.24, 2.45) is 4.99 Å². The standard InChI is InChI=1S/C30H44N2O/c1-18(2)22-14-13-15-23(19(3)4)26(22)31-20(5)30(12)32-25-17-21(28(6,7)8)16-24(27(25)33-30)29(9,10)11/h13-19,32H,1-12H3. The fourth-order valence-electron chi connectivity index (χ4n) is 4.39. The number of nitrogens with one attached hydrogen (secondary N) is 1. The van der Waals surface area contributed by atoms with Crippen LogP contribution in [-0.4, -0.2) is 11.4 Å². The highest BCUT2D eigenvalue weighted by Crippen LogP contribution is 2.47. The van der Waals surface area contributed by atoms with Crippen molar-refractivity contribution in [3.63, 3.8) is 0 Å². The summed E-state index contributed by atoms with van der Waals surface area (Å²) < 4.78 is 6.71. The van der Waals surface area contributed by atoms with Crippen molar-refractivity contribution in [1.29, 1.82) is 0 Å². The van der Waals surface area contributed by atoms with Gasteiger partial charge >= 0.3 is 0 Å².